The molecular formula is C19H16F6N2O2. The third-order valence-corrected chi connectivity index (χ3v) is 3.77. The van der Waals surface area contributed by atoms with Crippen LogP contribution in [-0.2, 0) is 16.1 Å². The molecule has 0 heterocycles. The van der Waals surface area contributed by atoms with Gasteiger partial charge in [-0.1, -0.05) is 58.8 Å². The first kappa shape index (κ1) is 22.3. The van der Waals surface area contributed by atoms with Gasteiger partial charge in [-0.2, -0.15) is 26.3 Å². The Morgan fingerprint density at radius 3 is 1.21 bits per heavy atom. The molecule has 4 nitrogen and oxygen atoms in total. The van der Waals surface area contributed by atoms with Crippen LogP contribution < -0.4 is 0 Å². The van der Waals surface area contributed by atoms with Gasteiger partial charge >= 0.3 is 12.4 Å². The maximum Gasteiger partial charge on any atom is 0.437 e. The minimum absolute atomic E-state index is 0.163. The molecule has 0 N–H and O–H groups in total. The van der Waals surface area contributed by atoms with Crippen LogP contribution in [0, 0.1) is 0 Å². The molecule has 0 aliphatic heterocycles. The monoisotopic (exact) mass is 418 g/mol. The van der Waals surface area contributed by atoms with Gasteiger partial charge < -0.3 is 9.68 Å². The van der Waals surface area contributed by atoms with Crippen LogP contribution in [-0.4, -0.2) is 38.0 Å². The SMILES string of the molecule is CON=C(c1ccc(Cc2ccc(C(=NOC)C(F)(F)F)cc2)cc1)C(F)(F)F. The summed E-state index contributed by atoms with van der Waals surface area (Å²) in [5.74, 6) is 0. The summed E-state index contributed by atoms with van der Waals surface area (Å²) in [5.41, 5.74) is -1.31. The number of rotatable bonds is 6. The molecule has 29 heavy (non-hydrogen) atoms. The fraction of sp³-hybridized carbons (Fsp3) is 0.263. The van der Waals surface area contributed by atoms with Gasteiger partial charge in [0.2, 0.25) is 0 Å². The topological polar surface area (TPSA) is 43.2 Å². The van der Waals surface area contributed by atoms with Crippen LogP contribution in [0.2, 0.25) is 0 Å². The molecule has 0 amide bonds. The van der Waals surface area contributed by atoms with Crippen molar-refractivity contribution in [1.29, 1.82) is 0 Å². The normalized spacial score (nSPS) is 13.4. The smallest absolute Gasteiger partial charge is 0.399 e. The number of hydrogen-bond donors (Lipinski definition) is 0. The Morgan fingerprint density at radius 1 is 0.655 bits per heavy atom. The number of nitrogens with zero attached hydrogens (tertiary/aromatic N) is 2. The summed E-state index contributed by atoms with van der Waals surface area (Å²) in [6, 6.07) is 10.9. The number of alkyl halides is 6. The molecule has 156 valence electrons. The second-order valence-electron chi connectivity index (χ2n) is 5.81. The van der Waals surface area contributed by atoms with E-state index in [1.165, 1.54) is 48.5 Å². The first-order valence-corrected chi connectivity index (χ1v) is 8.11. The van der Waals surface area contributed by atoms with Crippen molar-refractivity contribution in [3.63, 3.8) is 0 Å². The molecule has 2 aromatic carbocycles. The van der Waals surface area contributed by atoms with Crippen molar-refractivity contribution in [3.05, 3.63) is 70.8 Å². The lowest BCUT2D eigenvalue weighted by molar-refractivity contribution is -0.0616. The van der Waals surface area contributed by atoms with Crippen molar-refractivity contribution >= 4 is 11.4 Å². The van der Waals surface area contributed by atoms with Gasteiger partial charge in [0.05, 0.1) is 0 Å². The van der Waals surface area contributed by atoms with Crippen LogP contribution in [0.15, 0.2) is 58.8 Å². The molecule has 2 rings (SSSR count). The van der Waals surface area contributed by atoms with E-state index in [-0.39, 0.29) is 11.1 Å². The molecule has 10 heteroatoms. The van der Waals surface area contributed by atoms with Crippen LogP contribution in [0.1, 0.15) is 22.3 Å². The third kappa shape index (κ3) is 5.97. The molecule has 0 spiro atoms. The molecule has 0 bridgehead atoms. The van der Waals surface area contributed by atoms with Crippen molar-refractivity contribution in [1.82, 2.24) is 0 Å². The summed E-state index contributed by atoms with van der Waals surface area (Å²) in [7, 11) is 2.04. The van der Waals surface area contributed by atoms with Crippen LogP contribution in [0.3, 0.4) is 0 Å². The Bertz CT molecular complexity index is 796. The molecule has 0 atom stereocenters. The second kappa shape index (κ2) is 8.97. The van der Waals surface area contributed by atoms with E-state index in [0.717, 1.165) is 14.2 Å². The first-order chi connectivity index (χ1) is 13.6. The molecule has 0 unspecified atom stereocenters. The van der Waals surface area contributed by atoms with Gasteiger partial charge in [0.15, 0.2) is 11.4 Å². The van der Waals surface area contributed by atoms with E-state index in [4.69, 9.17) is 0 Å². The Balaban J connectivity index is 2.19. The van der Waals surface area contributed by atoms with Gasteiger partial charge in [0.25, 0.3) is 0 Å². The zero-order chi connectivity index (χ0) is 21.7. The number of benzene rings is 2. The lowest BCUT2D eigenvalue weighted by atomic mass is 10.00. The minimum Gasteiger partial charge on any atom is -0.399 e. The van der Waals surface area contributed by atoms with Gasteiger partial charge in [-0.05, 0) is 17.5 Å². The summed E-state index contributed by atoms with van der Waals surface area (Å²) in [5, 5.41) is 6.04. The average Bonchev–Trinajstić information content (AvgIpc) is 2.64. The maximum absolute atomic E-state index is 13.0. The number of halogens is 6. The van der Waals surface area contributed by atoms with Gasteiger partial charge in [0, 0.05) is 11.1 Å². The zero-order valence-corrected chi connectivity index (χ0v) is 15.3. The van der Waals surface area contributed by atoms with E-state index < -0.39 is 23.8 Å². The van der Waals surface area contributed by atoms with E-state index >= 15 is 0 Å². The Hall–Kier alpha value is -3.04. The van der Waals surface area contributed by atoms with E-state index in [0.29, 0.717) is 17.5 Å². The van der Waals surface area contributed by atoms with Crippen LogP contribution in [0.4, 0.5) is 26.3 Å². The highest BCUT2D eigenvalue weighted by Gasteiger charge is 2.38. The highest BCUT2D eigenvalue weighted by Crippen LogP contribution is 2.25. The molecule has 0 saturated carbocycles. The van der Waals surface area contributed by atoms with E-state index in [1.54, 1.807) is 0 Å². The van der Waals surface area contributed by atoms with Gasteiger partial charge in [-0.3, -0.25) is 0 Å². The summed E-state index contributed by atoms with van der Waals surface area (Å²) in [4.78, 5) is 8.50. The fourth-order valence-corrected chi connectivity index (χ4v) is 2.52. The fourth-order valence-electron chi connectivity index (χ4n) is 2.52. The molecule has 0 aliphatic carbocycles. The van der Waals surface area contributed by atoms with Crippen LogP contribution in [0.25, 0.3) is 0 Å². The highest BCUT2D eigenvalue weighted by atomic mass is 19.4. The van der Waals surface area contributed by atoms with E-state index in [2.05, 4.69) is 20.0 Å². The number of oxime groups is 2. The van der Waals surface area contributed by atoms with Crippen molar-refractivity contribution < 1.29 is 36.0 Å². The van der Waals surface area contributed by atoms with E-state index in [9.17, 15) is 26.3 Å². The summed E-state index contributed by atoms with van der Waals surface area (Å²) in [6.45, 7) is 0. The maximum atomic E-state index is 13.0. The summed E-state index contributed by atoms with van der Waals surface area (Å²) in [6.07, 6.45) is -9.04. The van der Waals surface area contributed by atoms with Gasteiger partial charge in [-0.15, -0.1) is 0 Å². The molecule has 0 aromatic heterocycles. The average molecular weight is 418 g/mol. The first-order valence-electron chi connectivity index (χ1n) is 8.11. The lowest BCUT2D eigenvalue weighted by Crippen LogP contribution is -2.24. The summed E-state index contributed by atoms with van der Waals surface area (Å²) >= 11 is 0. The lowest BCUT2D eigenvalue weighted by Gasteiger charge is -2.11. The van der Waals surface area contributed by atoms with Crippen molar-refractivity contribution in [2.75, 3.05) is 14.2 Å². The molecule has 2 aromatic rings. The van der Waals surface area contributed by atoms with Crippen LogP contribution in [0.5, 0.6) is 0 Å². The molecule has 0 radical (unpaired) electrons. The molecule has 0 fully saturated rings. The molecule has 0 saturated heterocycles. The second-order valence-corrected chi connectivity index (χ2v) is 5.81. The standard InChI is InChI=1S/C19H16F6N2O2/c1-28-26-16(18(20,21)22)14-7-3-12(4-8-14)11-13-5-9-15(10-6-13)17(27-29-2)19(23,24)25/h3-10H,11H2,1-2H3. The predicted molar refractivity (Wildman–Crippen MR) is 94.9 cm³/mol. The Kier molecular flexibility index (Phi) is 6.89. The van der Waals surface area contributed by atoms with Crippen molar-refractivity contribution in [2.45, 2.75) is 18.8 Å². The minimum atomic E-state index is -4.67. The van der Waals surface area contributed by atoms with E-state index in [1.807, 2.05) is 0 Å². The van der Waals surface area contributed by atoms with Gasteiger partial charge in [-0.25, -0.2) is 0 Å². The van der Waals surface area contributed by atoms with Gasteiger partial charge in [0.1, 0.15) is 14.2 Å². The highest BCUT2D eigenvalue weighted by molar-refractivity contribution is 6.04. The molecule has 0 aliphatic rings. The number of hydrogen-bond acceptors (Lipinski definition) is 4. The molecular weight excluding hydrogens is 402 g/mol. The zero-order valence-electron chi connectivity index (χ0n) is 15.3. The van der Waals surface area contributed by atoms with Crippen molar-refractivity contribution in [3.8, 4) is 0 Å². The Morgan fingerprint density at radius 2 is 0.966 bits per heavy atom. The Labute approximate surface area is 162 Å². The van der Waals surface area contributed by atoms with Crippen LogP contribution >= 0.6 is 0 Å². The van der Waals surface area contributed by atoms with Crippen molar-refractivity contribution in [2.24, 2.45) is 10.3 Å². The largest absolute Gasteiger partial charge is 0.437 e. The summed E-state index contributed by atoms with van der Waals surface area (Å²) < 4.78 is 77.8. The third-order valence-electron chi connectivity index (χ3n) is 3.77. The predicted octanol–water partition coefficient (Wildman–Crippen LogP) is 5.10. The quantitative estimate of drug-likeness (QED) is 0.372.